The van der Waals surface area contributed by atoms with Crippen LogP contribution < -0.4 is 0 Å². The second-order valence-electron chi connectivity index (χ2n) is 5.12. The van der Waals surface area contributed by atoms with Crippen LogP contribution in [0.5, 0.6) is 0 Å². The molecule has 7 nitrogen and oxygen atoms in total. The molecule has 1 aromatic rings. The van der Waals surface area contributed by atoms with Crippen LogP contribution in [0.4, 0.5) is 10.1 Å². The lowest BCUT2D eigenvalue weighted by atomic mass is 9.91. The highest BCUT2D eigenvalue weighted by atomic mass is 19.1. The fourth-order valence-corrected chi connectivity index (χ4v) is 2.79. The maximum atomic E-state index is 15.2. The molecule has 1 heterocycles. The molecule has 2 rings (SSSR count). The van der Waals surface area contributed by atoms with Gasteiger partial charge in [0, 0.05) is 7.05 Å². The molecule has 0 spiro atoms. The molecule has 3 atom stereocenters. The second-order valence-corrected chi connectivity index (χ2v) is 5.12. The summed E-state index contributed by atoms with van der Waals surface area (Å²) in [5.41, 5.74) is -2.25. The summed E-state index contributed by atoms with van der Waals surface area (Å²) in [6.07, 6.45) is 0.819. The number of rotatable bonds is 3. The maximum Gasteiger partial charge on any atom is 0.313 e. The third-order valence-electron chi connectivity index (χ3n) is 3.89. The van der Waals surface area contributed by atoms with Crippen molar-refractivity contribution in [3.8, 4) is 0 Å². The van der Waals surface area contributed by atoms with E-state index in [1.54, 1.807) is 0 Å². The molecule has 0 aliphatic heterocycles. The van der Waals surface area contributed by atoms with E-state index >= 15 is 4.39 Å². The number of hydrogen-bond acceptors (Lipinski definition) is 5. The molecule has 1 aliphatic carbocycles. The molecule has 0 saturated heterocycles. The average Bonchev–Trinajstić information content (AvgIpc) is 2.73. The van der Waals surface area contributed by atoms with Gasteiger partial charge in [-0.15, -0.1) is 0 Å². The quantitative estimate of drug-likeness (QED) is 0.394. The van der Waals surface area contributed by atoms with Crippen molar-refractivity contribution in [2.45, 2.75) is 43.5 Å². The zero-order valence-electron chi connectivity index (χ0n) is 11.2. The average molecular weight is 284 g/mol. The highest BCUT2D eigenvalue weighted by Gasteiger charge is 2.44. The van der Waals surface area contributed by atoms with Crippen LogP contribution in [0, 0.1) is 10.1 Å². The molecule has 0 bridgehead atoms. The zero-order chi connectivity index (χ0) is 14.9. The number of aliphatic hydroxyl groups excluding tert-OH is 1. The van der Waals surface area contributed by atoms with Gasteiger partial charge in [0.15, 0.2) is 11.4 Å². The predicted molar refractivity (Wildman–Crippen MR) is 70.5 cm³/mol. The van der Waals surface area contributed by atoms with Crippen molar-refractivity contribution >= 4 is 12.4 Å². The first-order chi connectivity index (χ1) is 9.39. The Morgan fingerprint density at radius 3 is 2.90 bits per heavy atom. The largest absolute Gasteiger partial charge is 0.391 e. The molecule has 1 saturated carbocycles. The molecule has 8 heteroatoms. The van der Waals surface area contributed by atoms with Crippen LogP contribution in [0.3, 0.4) is 0 Å². The summed E-state index contributed by atoms with van der Waals surface area (Å²) in [5, 5.41) is 24.7. The van der Waals surface area contributed by atoms with E-state index in [9.17, 15) is 15.2 Å². The molecular formula is C12H17FN4O3. The number of hydrogen-bond donors (Lipinski definition) is 1. The first-order valence-corrected chi connectivity index (χ1v) is 6.38. The Labute approximate surface area is 115 Å². The monoisotopic (exact) mass is 284 g/mol. The first-order valence-electron chi connectivity index (χ1n) is 6.38. The maximum absolute atomic E-state index is 15.2. The van der Waals surface area contributed by atoms with E-state index < -0.39 is 22.7 Å². The Morgan fingerprint density at radius 1 is 1.65 bits per heavy atom. The molecule has 1 N–H and O–H groups in total. The van der Waals surface area contributed by atoms with Gasteiger partial charge in [0.2, 0.25) is 0 Å². The highest BCUT2D eigenvalue weighted by Crippen LogP contribution is 2.43. The number of aryl methyl sites for hydroxylation is 1. The van der Waals surface area contributed by atoms with Crippen LogP contribution in [-0.2, 0) is 12.7 Å². The molecule has 20 heavy (non-hydrogen) atoms. The zero-order valence-corrected chi connectivity index (χ0v) is 11.2. The van der Waals surface area contributed by atoms with Gasteiger partial charge in [-0.3, -0.25) is 19.8 Å². The van der Waals surface area contributed by atoms with Gasteiger partial charge in [0.25, 0.3) is 0 Å². The summed E-state index contributed by atoms with van der Waals surface area (Å²) in [7, 11) is 1.48. The van der Waals surface area contributed by atoms with Gasteiger partial charge in [-0.1, -0.05) is 0 Å². The third-order valence-corrected chi connectivity index (χ3v) is 3.89. The highest BCUT2D eigenvalue weighted by molar-refractivity contribution is 5.38. The van der Waals surface area contributed by atoms with E-state index in [0.717, 1.165) is 6.20 Å². The van der Waals surface area contributed by atoms with Crippen LogP contribution in [0.25, 0.3) is 0 Å². The van der Waals surface area contributed by atoms with E-state index in [2.05, 4.69) is 16.8 Å². The number of halogens is 1. The number of aromatic nitrogens is 2. The van der Waals surface area contributed by atoms with E-state index in [0.29, 0.717) is 6.42 Å². The minimum Gasteiger partial charge on any atom is -0.391 e. The van der Waals surface area contributed by atoms with Crippen molar-refractivity contribution in [3.05, 3.63) is 22.0 Å². The SMILES string of the molecule is C=N[C@@H]1CCC(F)(c2c([N+](=O)[O-])cnn2C)CC[C@H]1O. The number of nitrogens with zero attached hydrogens (tertiary/aromatic N) is 4. The minimum atomic E-state index is -1.88. The summed E-state index contributed by atoms with van der Waals surface area (Å²) in [5.74, 6) is 0. The standard InChI is InChI=1S/C12H17FN4O3/c1-14-8-3-5-12(13,6-4-10(8)18)11-9(17(19)20)7-15-16(11)2/h7-8,10,18H,1,3-6H2,2H3/t8-,10-,12?/m1/s1. The summed E-state index contributed by atoms with van der Waals surface area (Å²) in [4.78, 5) is 14.2. The summed E-state index contributed by atoms with van der Waals surface area (Å²) >= 11 is 0. The fraction of sp³-hybridized carbons (Fsp3) is 0.667. The molecule has 1 aliphatic rings. The Morgan fingerprint density at radius 2 is 2.30 bits per heavy atom. The van der Waals surface area contributed by atoms with Gasteiger partial charge in [-0.05, 0) is 32.4 Å². The fourth-order valence-electron chi connectivity index (χ4n) is 2.79. The second kappa shape index (κ2) is 5.28. The normalized spacial score (nSPS) is 30.8. The van der Waals surface area contributed by atoms with E-state index in [1.807, 2.05) is 0 Å². The molecule has 1 aromatic heterocycles. The van der Waals surface area contributed by atoms with Gasteiger partial charge in [-0.2, -0.15) is 5.10 Å². The van der Waals surface area contributed by atoms with Crippen LogP contribution in [0.2, 0.25) is 0 Å². The summed E-state index contributed by atoms with van der Waals surface area (Å²) in [6, 6.07) is -0.431. The van der Waals surface area contributed by atoms with Gasteiger partial charge >= 0.3 is 5.69 Å². The van der Waals surface area contributed by atoms with E-state index in [4.69, 9.17) is 0 Å². The molecule has 1 unspecified atom stereocenters. The number of aliphatic hydroxyl groups is 1. The van der Waals surface area contributed by atoms with Crippen LogP contribution in [0.15, 0.2) is 11.2 Å². The van der Waals surface area contributed by atoms with Crippen molar-refractivity contribution in [1.82, 2.24) is 9.78 Å². The Hall–Kier alpha value is -1.83. The molecule has 0 aromatic carbocycles. The number of nitro groups is 1. The molecule has 0 amide bonds. The Bertz CT molecular complexity index is 533. The Kier molecular flexibility index (Phi) is 3.85. The van der Waals surface area contributed by atoms with Crippen molar-refractivity contribution in [1.29, 1.82) is 0 Å². The summed E-state index contributed by atoms with van der Waals surface area (Å²) in [6.45, 7) is 3.39. The smallest absolute Gasteiger partial charge is 0.313 e. The van der Waals surface area contributed by atoms with E-state index in [-0.39, 0.29) is 30.6 Å². The number of alkyl halides is 1. The van der Waals surface area contributed by atoms with Crippen LogP contribution in [-0.4, -0.2) is 38.7 Å². The number of aliphatic imine (C=N–C) groups is 1. The van der Waals surface area contributed by atoms with Gasteiger partial charge in [0.1, 0.15) is 6.20 Å². The first kappa shape index (κ1) is 14.6. The lowest BCUT2D eigenvalue weighted by Crippen LogP contribution is -2.24. The molecular weight excluding hydrogens is 267 g/mol. The van der Waals surface area contributed by atoms with Crippen LogP contribution in [0.1, 0.15) is 31.4 Å². The van der Waals surface area contributed by atoms with Crippen molar-refractivity contribution in [2.24, 2.45) is 12.0 Å². The predicted octanol–water partition coefficient (Wildman–Crippen LogP) is 1.50. The minimum absolute atomic E-state index is 0.000556. The summed E-state index contributed by atoms with van der Waals surface area (Å²) < 4.78 is 16.4. The van der Waals surface area contributed by atoms with Crippen molar-refractivity contribution < 1.29 is 14.4 Å². The van der Waals surface area contributed by atoms with Crippen molar-refractivity contribution in [2.75, 3.05) is 0 Å². The molecule has 0 radical (unpaired) electrons. The lowest BCUT2D eigenvalue weighted by molar-refractivity contribution is -0.386. The topological polar surface area (TPSA) is 93.5 Å². The lowest BCUT2D eigenvalue weighted by Gasteiger charge is -2.22. The Balaban J connectivity index is 2.38. The van der Waals surface area contributed by atoms with E-state index in [1.165, 1.54) is 11.7 Å². The van der Waals surface area contributed by atoms with Crippen molar-refractivity contribution in [3.63, 3.8) is 0 Å². The third kappa shape index (κ3) is 2.43. The van der Waals surface area contributed by atoms with Gasteiger partial charge in [0.05, 0.1) is 17.1 Å². The van der Waals surface area contributed by atoms with Crippen LogP contribution >= 0.6 is 0 Å². The van der Waals surface area contributed by atoms with Gasteiger partial charge < -0.3 is 5.11 Å². The van der Waals surface area contributed by atoms with Gasteiger partial charge in [-0.25, -0.2) is 4.39 Å². The molecule has 1 fully saturated rings. The molecule has 110 valence electrons.